The zero-order valence-corrected chi connectivity index (χ0v) is 11.1. The number of hydrogen-bond acceptors (Lipinski definition) is 5. The molecule has 1 amide bonds. The summed E-state index contributed by atoms with van der Waals surface area (Å²) in [5, 5.41) is 39.9. The number of carbonyl (C=O) groups excluding carboxylic acids is 1. The van der Waals surface area contributed by atoms with Crippen LogP contribution in [0.25, 0.3) is 0 Å². The third-order valence-corrected chi connectivity index (χ3v) is 2.77. The lowest BCUT2D eigenvalue weighted by atomic mass is 9.96. The van der Waals surface area contributed by atoms with Gasteiger partial charge >= 0.3 is 11.9 Å². The van der Waals surface area contributed by atoms with Gasteiger partial charge in [-0.05, 0) is 23.8 Å². The van der Waals surface area contributed by atoms with Crippen molar-refractivity contribution in [3.8, 4) is 0 Å². The Hall–Kier alpha value is -2.45. The maximum atomic E-state index is 11.1. The molecular formula is C13H15NO7. The van der Waals surface area contributed by atoms with Crippen molar-refractivity contribution in [2.45, 2.75) is 19.1 Å². The Balaban J connectivity index is 3.12. The number of carboxylic acids is 2. The fourth-order valence-electron chi connectivity index (χ4n) is 1.70. The van der Waals surface area contributed by atoms with E-state index in [1.54, 1.807) is 0 Å². The molecule has 0 saturated carbocycles. The Kier molecular flexibility index (Phi) is 5.39. The number of nitrogens with one attached hydrogen (secondary N) is 1. The smallest absolute Gasteiger partial charge is 0.336 e. The van der Waals surface area contributed by atoms with Gasteiger partial charge in [-0.25, -0.2) is 9.59 Å². The van der Waals surface area contributed by atoms with Crippen molar-refractivity contribution in [3.05, 3.63) is 34.9 Å². The fourth-order valence-corrected chi connectivity index (χ4v) is 1.70. The number of carboxylic acid groups (broad SMARTS) is 2. The Bertz CT molecular complexity index is 570. The first-order chi connectivity index (χ1) is 9.73. The van der Waals surface area contributed by atoms with Gasteiger partial charge < -0.3 is 25.7 Å². The van der Waals surface area contributed by atoms with Gasteiger partial charge in [0.05, 0.1) is 11.1 Å². The summed E-state index contributed by atoms with van der Waals surface area (Å²) >= 11 is 0. The molecule has 21 heavy (non-hydrogen) atoms. The number of benzene rings is 1. The minimum atomic E-state index is -1.65. The second-order valence-corrected chi connectivity index (χ2v) is 4.36. The molecule has 0 fully saturated rings. The Morgan fingerprint density at radius 2 is 1.76 bits per heavy atom. The first-order valence-electron chi connectivity index (χ1n) is 5.95. The Morgan fingerprint density at radius 1 is 1.14 bits per heavy atom. The van der Waals surface area contributed by atoms with Gasteiger partial charge in [-0.1, -0.05) is 0 Å². The molecule has 0 saturated heterocycles. The maximum absolute atomic E-state index is 11.1. The van der Waals surface area contributed by atoms with E-state index in [0.29, 0.717) is 0 Å². The number of aliphatic hydroxyl groups excluding tert-OH is 2. The summed E-state index contributed by atoms with van der Waals surface area (Å²) < 4.78 is 0. The van der Waals surface area contributed by atoms with Gasteiger partial charge in [0.15, 0.2) is 0 Å². The summed E-state index contributed by atoms with van der Waals surface area (Å²) in [5.41, 5.74) is -0.782. The average molecular weight is 297 g/mol. The number of rotatable bonds is 6. The Morgan fingerprint density at radius 3 is 2.24 bits per heavy atom. The summed E-state index contributed by atoms with van der Waals surface area (Å²) in [6.07, 6.45) is -3.13. The molecule has 1 aromatic carbocycles. The van der Waals surface area contributed by atoms with E-state index < -0.39 is 30.1 Å². The summed E-state index contributed by atoms with van der Waals surface area (Å²) in [7, 11) is 0. The number of amides is 1. The van der Waals surface area contributed by atoms with E-state index >= 15 is 0 Å². The zero-order valence-electron chi connectivity index (χ0n) is 11.1. The standard InChI is InChI=1S/C13H15NO7/c1-6(15)14-5-10(16)11(17)9-4-7(12(18)19)2-3-8(9)13(20)21/h2-4,10-11,16-17H,5H2,1H3,(H,14,15)(H,18,19)(H,20,21). The van der Waals surface area contributed by atoms with E-state index in [1.807, 2.05) is 0 Å². The molecule has 0 radical (unpaired) electrons. The molecule has 1 aromatic rings. The van der Waals surface area contributed by atoms with E-state index in [0.717, 1.165) is 18.2 Å². The maximum Gasteiger partial charge on any atom is 0.336 e. The first-order valence-corrected chi connectivity index (χ1v) is 5.95. The van der Waals surface area contributed by atoms with Crippen LogP contribution in [0.3, 0.4) is 0 Å². The van der Waals surface area contributed by atoms with Crippen molar-refractivity contribution in [1.82, 2.24) is 5.32 Å². The number of carbonyl (C=O) groups is 3. The van der Waals surface area contributed by atoms with Crippen molar-refractivity contribution < 1.29 is 34.8 Å². The molecular weight excluding hydrogens is 282 g/mol. The lowest BCUT2D eigenvalue weighted by molar-refractivity contribution is -0.119. The largest absolute Gasteiger partial charge is 0.478 e. The molecule has 2 atom stereocenters. The van der Waals surface area contributed by atoms with Gasteiger partial charge in [-0.2, -0.15) is 0 Å². The van der Waals surface area contributed by atoms with Crippen molar-refractivity contribution in [2.24, 2.45) is 0 Å². The summed E-state index contributed by atoms with van der Waals surface area (Å²) in [4.78, 5) is 32.7. The number of hydrogen-bond donors (Lipinski definition) is 5. The predicted molar refractivity (Wildman–Crippen MR) is 70.0 cm³/mol. The van der Waals surface area contributed by atoms with Gasteiger partial charge in [-0.3, -0.25) is 4.79 Å². The molecule has 0 aromatic heterocycles. The van der Waals surface area contributed by atoms with Gasteiger partial charge in [0.1, 0.15) is 12.2 Å². The minimum Gasteiger partial charge on any atom is -0.478 e. The molecule has 1 rings (SSSR count). The van der Waals surface area contributed by atoms with Crippen LogP contribution in [-0.2, 0) is 4.79 Å². The lowest BCUT2D eigenvalue weighted by Gasteiger charge is -2.20. The SMILES string of the molecule is CC(=O)NCC(O)C(O)c1cc(C(=O)O)ccc1C(=O)O. The highest BCUT2D eigenvalue weighted by molar-refractivity contribution is 5.93. The molecule has 0 aliphatic rings. The minimum absolute atomic E-state index is 0.222. The van der Waals surface area contributed by atoms with E-state index in [4.69, 9.17) is 10.2 Å². The molecule has 0 heterocycles. The van der Waals surface area contributed by atoms with Crippen molar-refractivity contribution >= 4 is 17.8 Å². The number of aliphatic hydroxyl groups is 2. The molecule has 8 heteroatoms. The molecule has 2 unspecified atom stereocenters. The highest BCUT2D eigenvalue weighted by Crippen LogP contribution is 2.23. The first kappa shape index (κ1) is 16.6. The van der Waals surface area contributed by atoms with Crippen molar-refractivity contribution in [1.29, 1.82) is 0 Å². The van der Waals surface area contributed by atoms with Crippen LogP contribution in [0, 0.1) is 0 Å². The second-order valence-electron chi connectivity index (χ2n) is 4.36. The van der Waals surface area contributed by atoms with E-state index in [1.165, 1.54) is 6.92 Å². The fraction of sp³-hybridized carbons (Fsp3) is 0.308. The average Bonchev–Trinajstić information content (AvgIpc) is 2.42. The van der Waals surface area contributed by atoms with E-state index in [-0.39, 0.29) is 23.2 Å². The normalized spacial score (nSPS) is 13.3. The van der Waals surface area contributed by atoms with Crippen LogP contribution in [0.1, 0.15) is 39.3 Å². The van der Waals surface area contributed by atoms with Crippen LogP contribution < -0.4 is 5.32 Å². The van der Waals surface area contributed by atoms with Crippen LogP contribution in [-0.4, -0.2) is 50.9 Å². The van der Waals surface area contributed by atoms with Crippen LogP contribution in [0.4, 0.5) is 0 Å². The van der Waals surface area contributed by atoms with Gasteiger partial charge in [0.2, 0.25) is 5.91 Å². The lowest BCUT2D eigenvalue weighted by Crippen LogP contribution is -2.34. The van der Waals surface area contributed by atoms with Gasteiger partial charge in [-0.15, -0.1) is 0 Å². The monoisotopic (exact) mass is 297 g/mol. The van der Waals surface area contributed by atoms with Crippen LogP contribution in [0.15, 0.2) is 18.2 Å². The van der Waals surface area contributed by atoms with E-state index in [2.05, 4.69) is 5.32 Å². The molecule has 0 spiro atoms. The van der Waals surface area contributed by atoms with Crippen LogP contribution in [0.2, 0.25) is 0 Å². The molecule has 5 N–H and O–H groups in total. The second kappa shape index (κ2) is 6.82. The van der Waals surface area contributed by atoms with Gasteiger partial charge in [0, 0.05) is 13.5 Å². The zero-order chi connectivity index (χ0) is 16.2. The Labute approximate surface area is 119 Å². The predicted octanol–water partition coefficient (Wildman–Crippen LogP) is -0.387. The van der Waals surface area contributed by atoms with Crippen LogP contribution in [0.5, 0.6) is 0 Å². The molecule has 0 aliphatic carbocycles. The quantitative estimate of drug-likeness (QED) is 0.481. The third-order valence-electron chi connectivity index (χ3n) is 2.77. The van der Waals surface area contributed by atoms with Crippen molar-refractivity contribution in [3.63, 3.8) is 0 Å². The summed E-state index contributed by atoms with van der Waals surface area (Å²) in [6.45, 7) is 0.916. The molecule has 0 bridgehead atoms. The van der Waals surface area contributed by atoms with Crippen LogP contribution >= 0.6 is 0 Å². The van der Waals surface area contributed by atoms with Gasteiger partial charge in [0.25, 0.3) is 0 Å². The molecule has 8 nitrogen and oxygen atoms in total. The number of aromatic carboxylic acids is 2. The highest BCUT2D eigenvalue weighted by atomic mass is 16.4. The topological polar surface area (TPSA) is 144 Å². The highest BCUT2D eigenvalue weighted by Gasteiger charge is 2.25. The molecule has 114 valence electrons. The summed E-state index contributed by atoms with van der Waals surface area (Å²) in [5.74, 6) is -3.09. The third kappa shape index (κ3) is 4.26. The van der Waals surface area contributed by atoms with E-state index in [9.17, 15) is 24.6 Å². The molecule has 0 aliphatic heterocycles. The summed E-state index contributed by atoms with van der Waals surface area (Å²) in [6, 6.07) is 3.10. The van der Waals surface area contributed by atoms with Crippen molar-refractivity contribution in [2.75, 3.05) is 6.54 Å².